The third-order valence-corrected chi connectivity index (χ3v) is 5.77. The lowest BCUT2D eigenvalue weighted by molar-refractivity contribution is 0.0513. The highest BCUT2D eigenvalue weighted by Crippen LogP contribution is 2.30. The van der Waals surface area contributed by atoms with E-state index in [0.717, 1.165) is 40.6 Å². The largest absolute Gasteiger partial charge is 0.333 e. The van der Waals surface area contributed by atoms with E-state index in [1.54, 1.807) is 0 Å². The first kappa shape index (κ1) is 18.0. The summed E-state index contributed by atoms with van der Waals surface area (Å²) < 4.78 is 0. The smallest absolute Gasteiger partial charge is 0.255 e. The van der Waals surface area contributed by atoms with Crippen LogP contribution in [-0.2, 0) is 0 Å². The van der Waals surface area contributed by atoms with Crippen LogP contribution in [-0.4, -0.2) is 27.9 Å². The maximum atomic E-state index is 13.5. The minimum absolute atomic E-state index is 0.100. The molecule has 0 aliphatic carbocycles. The molecule has 1 saturated heterocycles. The molecule has 0 bridgehead atoms. The molecule has 4 heteroatoms. The summed E-state index contributed by atoms with van der Waals surface area (Å²) >= 11 is 6.03. The van der Waals surface area contributed by atoms with E-state index in [4.69, 9.17) is 16.6 Å². The first-order valence-electron chi connectivity index (χ1n) is 9.53. The average molecular weight is 379 g/mol. The summed E-state index contributed by atoms with van der Waals surface area (Å²) in [5, 5.41) is 1.59. The van der Waals surface area contributed by atoms with Gasteiger partial charge in [-0.15, -0.1) is 0 Å². The standard InChI is InChI=1S/C23H23ClN2O/c1-15-6-5-7-16(2)26(15)23(27)20-14-22(17-10-12-18(24)13-11-17)25-21-9-4-3-8-19(20)21/h3-4,8-16H,5-7H2,1-2H3. The second-order valence-electron chi connectivity index (χ2n) is 7.42. The summed E-state index contributed by atoms with van der Waals surface area (Å²) in [6, 6.07) is 17.9. The van der Waals surface area contributed by atoms with Crippen molar-refractivity contribution in [1.29, 1.82) is 0 Å². The van der Waals surface area contributed by atoms with E-state index in [1.165, 1.54) is 6.42 Å². The molecule has 2 aromatic carbocycles. The Labute approximate surface area is 165 Å². The Morgan fingerprint density at radius 1 is 1.04 bits per heavy atom. The van der Waals surface area contributed by atoms with Crippen molar-refractivity contribution in [2.75, 3.05) is 0 Å². The molecule has 4 rings (SSSR count). The van der Waals surface area contributed by atoms with Crippen LogP contribution in [0.25, 0.3) is 22.2 Å². The van der Waals surface area contributed by atoms with E-state index in [-0.39, 0.29) is 18.0 Å². The number of rotatable bonds is 2. The number of halogens is 1. The van der Waals surface area contributed by atoms with Crippen LogP contribution in [0.5, 0.6) is 0 Å². The van der Waals surface area contributed by atoms with Crippen LogP contribution >= 0.6 is 11.6 Å². The lowest BCUT2D eigenvalue weighted by Crippen LogP contribution is -2.47. The molecule has 1 fully saturated rings. The van der Waals surface area contributed by atoms with Crippen molar-refractivity contribution in [2.24, 2.45) is 0 Å². The zero-order valence-corrected chi connectivity index (χ0v) is 16.4. The number of carbonyl (C=O) groups is 1. The molecule has 138 valence electrons. The van der Waals surface area contributed by atoms with Crippen LogP contribution in [0.1, 0.15) is 43.5 Å². The predicted octanol–water partition coefficient (Wildman–Crippen LogP) is 5.96. The van der Waals surface area contributed by atoms with Crippen molar-refractivity contribution in [1.82, 2.24) is 9.88 Å². The number of benzene rings is 2. The van der Waals surface area contributed by atoms with Gasteiger partial charge in [-0.05, 0) is 57.4 Å². The Morgan fingerprint density at radius 2 is 1.70 bits per heavy atom. The van der Waals surface area contributed by atoms with Crippen LogP contribution in [0.4, 0.5) is 0 Å². The molecule has 2 unspecified atom stereocenters. The Hall–Kier alpha value is -2.39. The molecule has 27 heavy (non-hydrogen) atoms. The molecule has 2 heterocycles. The van der Waals surface area contributed by atoms with Crippen LogP contribution < -0.4 is 0 Å². The van der Waals surface area contributed by atoms with Gasteiger partial charge in [0.15, 0.2) is 0 Å². The monoisotopic (exact) mass is 378 g/mol. The lowest BCUT2D eigenvalue weighted by atomic mass is 9.95. The molecule has 1 aliphatic rings. The SMILES string of the molecule is CC1CCCC(C)N1C(=O)c1cc(-c2ccc(Cl)cc2)nc2ccccc12. The highest BCUT2D eigenvalue weighted by Gasteiger charge is 2.30. The van der Waals surface area contributed by atoms with Gasteiger partial charge >= 0.3 is 0 Å². The number of carbonyl (C=O) groups excluding carboxylic acids is 1. The number of amides is 1. The van der Waals surface area contributed by atoms with E-state index < -0.39 is 0 Å². The molecule has 3 nitrogen and oxygen atoms in total. The summed E-state index contributed by atoms with van der Waals surface area (Å²) in [5.74, 6) is 0.100. The third kappa shape index (κ3) is 3.44. The fraction of sp³-hybridized carbons (Fsp3) is 0.304. The second-order valence-corrected chi connectivity index (χ2v) is 7.86. The Morgan fingerprint density at radius 3 is 2.41 bits per heavy atom. The van der Waals surface area contributed by atoms with Crippen molar-refractivity contribution in [3.05, 3.63) is 65.2 Å². The van der Waals surface area contributed by atoms with Crippen LogP contribution in [0.3, 0.4) is 0 Å². The average Bonchev–Trinajstić information content (AvgIpc) is 2.67. The Kier molecular flexibility index (Phi) is 4.88. The van der Waals surface area contributed by atoms with Gasteiger partial charge in [-0.3, -0.25) is 4.79 Å². The summed E-state index contributed by atoms with van der Waals surface area (Å²) in [4.78, 5) is 20.4. The first-order chi connectivity index (χ1) is 13.0. The maximum absolute atomic E-state index is 13.5. The summed E-state index contributed by atoms with van der Waals surface area (Å²) in [5.41, 5.74) is 3.32. The molecule has 3 aromatic rings. The Balaban J connectivity index is 1.85. The van der Waals surface area contributed by atoms with Gasteiger partial charge in [0.2, 0.25) is 0 Å². The minimum Gasteiger partial charge on any atom is -0.333 e. The van der Waals surface area contributed by atoms with Crippen molar-refractivity contribution in [3.8, 4) is 11.3 Å². The fourth-order valence-electron chi connectivity index (χ4n) is 4.08. The summed E-state index contributed by atoms with van der Waals surface area (Å²) in [7, 11) is 0. The minimum atomic E-state index is 0.100. The number of aromatic nitrogens is 1. The molecule has 2 atom stereocenters. The first-order valence-corrected chi connectivity index (χ1v) is 9.91. The van der Waals surface area contributed by atoms with Gasteiger partial charge in [-0.25, -0.2) is 4.98 Å². The number of fused-ring (bicyclic) bond motifs is 1. The predicted molar refractivity (Wildman–Crippen MR) is 111 cm³/mol. The highest BCUT2D eigenvalue weighted by atomic mass is 35.5. The van der Waals surface area contributed by atoms with Crippen molar-refractivity contribution < 1.29 is 4.79 Å². The summed E-state index contributed by atoms with van der Waals surface area (Å²) in [6.07, 6.45) is 3.30. The number of piperidine rings is 1. The quantitative estimate of drug-likeness (QED) is 0.551. The van der Waals surface area contributed by atoms with Gasteiger partial charge in [0.05, 0.1) is 16.8 Å². The van der Waals surface area contributed by atoms with Crippen molar-refractivity contribution >= 4 is 28.4 Å². The van der Waals surface area contributed by atoms with Gasteiger partial charge in [0.1, 0.15) is 0 Å². The number of para-hydroxylation sites is 1. The number of likely N-dealkylation sites (tertiary alicyclic amines) is 1. The number of nitrogens with zero attached hydrogens (tertiary/aromatic N) is 2. The van der Waals surface area contributed by atoms with E-state index in [9.17, 15) is 4.79 Å². The zero-order chi connectivity index (χ0) is 19.0. The van der Waals surface area contributed by atoms with E-state index in [2.05, 4.69) is 18.7 Å². The highest BCUT2D eigenvalue weighted by molar-refractivity contribution is 6.30. The third-order valence-electron chi connectivity index (χ3n) is 5.51. The van der Waals surface area contributed by atoms with Crippen LogP contribution in [0.2, 0.25) is 5.02 Å². The van der Waals surface area contributed by atoms with Gasteiger partial charge in [0, 0.05) is 28.1 Å². The number of pyridine rings is 1. The molecular weight excluding hydrogens is 356 g/mol. The van der Waals surface area contributed by atoms with Gasteiger partial charge in [0.25, 0.3) is 5.91 Å². The van der Waals surface area contributed by atoms with Crippen LogP contribution in [0.15, 0.2) is 54.6 Å². The number of hydrogen-bond acceptors (Lipinski definition) is 2. The van der Waals surface area contributed by atoms with Crippen LogP contribution in [0, 0.1) is 0 Å². The molecule has 1 aliphatic heterocycles. The van der Waals surface area contributed by atoms with E-state index in [0.29, 0.717) is 5.02 Å². The normalized spacial score (nSPS) is 20.0. The molecule has 1 amide bonds. The Bertz CT molecular complexity index is 973. The van der Waals surface area contributed by atoms with Gasteiger partial charge < -0.3 is 4.90 Å². The zero-order valence-electron chi connectivity index (χ0n) is 15.7. The lowest BCUT2D eigenvalue weighted by Gasteiger charge is -2.39. The molecule has 1 aromatic heterocycles. The van der Waals surface area contributed by atoms with Crippen molar-refractivity contribution in [3.63, 3.8) is 0 Å². The van der Waals surface area contributed by atoms with Gasteiger partial charge in [-0.2, -0.15) is 0 Å². The fourth-order valence-corrected chi connectivity index (χ4v) is 4.21. The molecule has 0 spiro atoms. The van der Waals surface area contributed by atoms with E-state index in [1.807, 2.05) is 54.6 Å². The van der Waals surface area contributed by atoms with Gasteiger partial charge in [-0.1, -0.05) is 41.9 Å². The molecule has 0 N–H and O–H groups in total. The van der Waals surface area contributed by atoms with Crippen molar-refractivity contribution in [2.45, 2.75) is 45.2 Å². The molecule has 0 radical (unpaired) electrons. The topological polar surface area (TPSA) is 33.2 Å². The molecule has 0 saturated carbocycles. The molecular formula is C23H23ClN2O. The van der Waals surface area contributed by atoms with E-state index >= 15 is 0 Å². The maximum Gasteiger partial charge on any atom is 0.255 e. The second kappa shape index (κ2) is 7.32. The number of hydrogen-bond donors (Lipinski definition) is 0. The summed E-state index contributed by atoms with van der Waals surface area (Å²) in [6.45, 7) is 4.30.